The van der Waals surface area contributed by atoms with Crippen molar-refractivity contribution in [2.75, 3.05) is 13.2 Å². The van der Waals surface area contributed by atoms with Gasteiger partial charge >= 0.3 is 0 Å². The molecule has 0 radical (unpaired) electrons. The molecule has 0 unspecified atom stereocenters. The van der Waals surface area contributed by atoms with Crippen molar-refractivity contribution in [2.45, 2.75) is 73.1 Å². The summed E-state index contributed by atoms with van der Waals surface area (Å²) < 4.78 is 0. The van der Waals surface area contributed by atoms with E-state index in [9.17, 15) is 0 Å². The molecule has 0 N–H and O–H groups in total. The van der Waals surface area contributed by atoms with Crippen LogP contribution >= 0.6 is 0 Å². The zero-order valence-electron chi connectivity index (χ0n) is 20.5. The SMILES string of the molecule is CC(=NOCC(C)(C)CON=C1CCCc2ccc(C)nc21)c1cc(C(C)(C)C)ccn1. The van der Waals surface area contributed by atoms with Gasteiger partial charge < -0.3 is 9.68 Å². The molecule has 0 spiro atoms. The van der Waals surface area contributed by atoms with E-state index in [1.54, 1.807) is 0 Å². The molecule has 0 fully saturated rings. The van der Waals surface area contributed by atoms with Crippen LogP contribution in [0.15, 0.2) is 40.8 Å². The highest BCUT2D eigenvalue weighted by atomic mass is 16.6. The zero-order chi connectivity index (χ0) is 23.4. The molecule has 2 heterocycles. The first-order valence-corrected chi connectivity index (χ1v) is 11.3. The normalized spacial score (nSPS) is 16.1. The summed E-state index contributed by atoms with van der Waals surface area (Å²) in [6.07, 6.45) is 4.84. The standard InChI is InChI=1S/C26H36N4O2/c1-18-11-12-20-9-8-10-22(24(20)28-18)30-32-17-26(6,7)16-31-29-19(2)23-15-21(13-14-27-23)25(3,4)5/h11-15H,8-10,16-17H2,1-7H3. The van der Waals surface area contributed by atoms with Gasteiger partial charge in [-0.2, -0.15) is 0 Å². The second-order valence-electron chi connectivity index (χ2n) is 10.4. The summed E-state index contributed by atoms with van der Waals surface area (Å²) in [5.41, 5.74) is 6.80. The Kier molecular flexibility index (Phi) is 7.32. The van der Waals surface area contributed by atoms with Gasteiger partial charge in [-0.15, -0.1) is 0 Å². The minimum atomic E-state index is -0.244. The second-order valence-corrected chi connectivity index (χ2v) is 10.4. The van der Waals surface area contributed by atoms with Crippen LogP contribution in [0.4, 0.5) is 0 Å². The van der Waals surface area contributed by atoms with Gasteiger partial charge in [0.1, 0.15) is 24.6 Å². The maximum absolute atomic E-state index is 5.74. The molecule has 1 aliphatic rings. The van der Waals surface area contributed by atoms with Crippen LogP contribution in [-0.2, 0) is 21.5 Å². The lowest BCUT2D eigenvalue weighted by Crippen LogP contribution is -2.24. The Balaban J connectivity index is 1.56. The third kappa shape index (κ3) is 6.38. The molecule has 172 valence electrons. The molecule has 0 aromatic carbocycles. The molecule has 0 saturated carbocycles. The molecular weight excluding hydrogens is 400 g/mol. The average Bonchev–Trinajstić information content (AvgIpc) is 2.73. The first-order valence-electron chi connectivity index (χ1n) is 11.3. The fraction of sp³-hybridized carbons (Fsp3) is 0.538. The number of hydrogen-bond donors (Lipinski definition) is 0. The van der Waals surface area contributed by atoms with Gasteiger partial charge in [0.15, 0.2) is 0 Å². The molecule has 3 rings (SSSR count). The van der Waals surface area contributed by atoms with Gasteiger partial charge in [0.2, 0.25) is 0 Å². The Bertz CT molecular complexity index is 1000. The van der Waals surface area contributed by atoms with Crippen LogP contribution in [-0.4, -0.2) is 34.6 Å². The summed E-state index contributed by atoms with van der Waals surface area (Å²) in [7, 11) is 0. The van der Waals surface area contributed by atoms with Crippen LogP contribution in [0.1, 0.15) is 82.6 Å². The number of aryl methyl sites for hydroxylation is 2. The van der Waals surface area contributed by atoms with Gasteiger partial charge in [-0.25, -0.2) is 0 Å². The van der Waals surface area contributed by atoms with Gasteiger partial charge in [0.25, 0.3) is 0 Å². The Morgan fingerprint density at radius 2 is 1.78 bits per heavy atom. The minimum absolute atomic E-state index is 0.0622. The highest BCUT2D eigenvalue weighted by Crippen LogP contribution is 2.23. The van der Waals surface area contributed by atoms with E-state index in [-0.39, 0.29) is 10.8 Å². The van der Waals surface area contributed by atoms with Crippen molar-refractivity contribution in [2.24, 2.45) is 15.7 Å². The molecule has 0 aliphatic heterocycles. The van der Waals surface area contributed by atoms with E-state index in [4.69, 9.17) is 9.68 Å². The molecule has 2 aromatic heterocycles. The van der Waals surface area contributed by atoms with Crippen LogP contribution in [0.25, 0.3) is 0 Å². The lowest BCUT2D eigenvalue weighted by Gasteiger charge is -2.22. The third-order valence-corrected chi connectivity index (χ3v) is 5.53. The van der Waals surface area contributed by atoms with Gasteiger partial charge in [-0.05, 0) is 67.9 Å². The first-order chi connectivity index (χ1) is 15.0. The maximum atomic E-state index is 5.74. The predicted octanol–water partition coefficient (Wildman–Crippen LogP) is 5.61. The van der Waals surface area contributed by atoms with Crippen molar-refractivity contribution >= 4 is 11.4 Å². The lowest BCUT2D eigenvalue weighted by molar-refractivity contribution is -0.000159. The van der Waals surface area contributed by atoms with Crippen LogP contribution in [0.2, 0.25) is 0 Å². The summed E-state index contributed by atoms with van der Waals surface area (Å²) in [6, 6.07) is 8.32. The topological polar surface area (TPSA) is 69.0 Å². The van der Waals surface area contributed by atoms with E-state index in [1.165, 1.54) is 11.1 Å². The lowest BCUT2D eigenvalue weighted by atomic mass is 9.87. The van der Waals surface area contributed by atoms with Crippen LogP contribution in [0, 0.1) is 12.3 Å². The zero-order valence-corrected chi connectivity index (χ0v) is 20.5. The summed E-state index contributed by atoms with van der Waals surface area (Å²) in [5.74, 6) is 0. The Morgan fingerprint density at radius 3 is 2.53 bits per heavy atom. The number of pyridine rings is 2. The quantitative estimate of drug-likeness (QED) is 0.418. The maximum Gasteiger partial charge on any atom is 0.125 e. The first kappa shape index (κ1) is 23.9. The molecular formula is C26H36N4O2. The predicted molar refractivity (Wildman–Crippen MR) is 129 cm³/mol. The number of rotatable bonds is 7. The Morgan fingerprint density at radius 1 is 1.03 bits per heavy atom. The molecule has 0 atom stereocenters. The van der Waals surface area contributed by atoms with Crippen molar-refractivity contribution in [1.82, 2.24) is 9.97 Å². The van der Waals surface area contributed by atoms with E-state index in [0.717, 1.165) is 47.8 Å². The average molecular weight is 437 g/mol. The smallest absolute Gasteiger partial charge is 0.125 e. The second kappa shape index (κ2) is 9.80. The third-order valence-electron chi connectivity index (χ3n) is 5.53. The van der Waals surface area contributed by atoms with Crippen molar-refractivity contribution in [3.8, 4) is 0 Å². The summed E-state index contributed by atoms with van der Waals surface area (Å²) in [4.78, 5) is 20.5. The van der Waals surface area contributed by atoms with Crippen molar-refractivity contribution in [1.29, 1.82) is 0 Å². The number of oxime groups is 2. The van der Waals surface area contributed by atoms with Crippen molar-refractivity contribution in [3.05, 3.63) is 58.7 Å². The fourth-order valence-corrected chi connectivity index (χ4v) is 3.46. The van der Waals surface area contributed by atoms with Gasteiger partial charge in [0.05, 0.1) is 11.4 Å². The highest BCUT2D eigenvalue weighted by Gasteiger charge is 2.22. The Hall–Kier alpha value is -2.76. The fourth-order valence-electron chi connectivity index (χ4n) is 3.46. The summed E-state index contributed by atoms with van der Waals surface area (Å²) >= 11 is 0. The molecule has 32 heavy (non-hydrogen) atoms. The van der Waals surface area contributed by atoms with E-state index in [0.29, 0.717) is 13.2 Å². The van der Waals surface area contributed by atoms with Crippen molar-refractivity contribution < 1.29 is 9.68 Å². The molecule has 6 heteroatoms. The van der Waals surface area contributed by atoms with Gasteiger partial charge in [0, 0.05) is 17.3 Å². The molecule has 2 aromatic rings. The summed E-state index contributed by atoms with van der Waals surface area (Å²) in [5, 5.41) is 8.72. The van der Waals surface area contributed by atoms with Crippen molar-refractivity contribution in [3.63, 3.8) is 0 Å². The molecule has 0 bridgehead atoms. The van der Waals surface area contributed by atoms with E-state index in [2.05, 4.69) is 73.1 Å². The summed E-state index contributed by atoms with van der Waals surface area (Å²) in [6.45, 7) is 15.5. The minimum Gasteiger partial charge on any atom is -0.395 e. The van der Waals surface area contributed by atoms with E-state index < -0.39 is 0 Å². The number of fused-ring (bicyclic) bond motifs is 1. The number of hydrogen-bond acceptors (Lipinski definition) is 6. The van der Waals surface area contributed by atoms with Crippen LogP contribution in [0.5, 0.6) is 0 Å². The largest absolute Gasteiger partial charge is 0.395 e. The van der Waals surface area contributed by atoms with Crippen LogP contribution in [0.3, 0.4) is 0 Å². The Labute approximate surface area is 192 Å². The van der Waals surface area contributed by atoms with E-state index >= 15 is 0 Å². The van der Waals surface area contributed by atoms with Crippen LogP contribution < -0.4 is 0 Å². The number of nitrogens with zero attached hydrogens (tertiary/aromatic N) is 4. The highest BCUT2D eigenvalue weighted by molar-refractivity contribution is 6.00. The molecule has 6 nitrogen and oxygen atoms in total. The molecule has 0 amide bonds. The monoisotopic (exact) mass is 436 g/mol. The molecule has 1 aliphatic carbocycles. The number of aromatic nitrogens is 2. The van der Waals surface area contributed by atoms with E-state index in [1.807, 2.05) is 26.1 Å². The van der Waals surface area contributed by atoms with Gasteiger partial charge in [-0.1, -0.05) is 51.0 Å². The molecule has 0 saturated heterocycles. The van der Waals surface area contributed by atoms with Gasteiger partial charge in [-0.3, -0.25) is 9.97 Å².